The van der Waals surface area contributed by atoms with Gasteiger partial charge >= 0.3 is 0 Å². The van der Waals surface area contributed by atoms with Crippen LogP contribution in [0.5, 0.6) is 0 Å². The van der Waals surface area contributed by atoms with E-state index in [1.165, 1.54) is 11.2 Å². The summed E-state index contributed by atoms with van der Waals surface area (Å²) in [6.45, 7) is 3.02. The number of nitrogens with zero attached hydrogens (tertiary/aromatic N) is 3. The standard InChI is InChI=1S/C20H19Cl2N3O3/c1-23-6-8-24(9-7-23)18-17(15-5-4-13(21)11-16(15)22)19(26)25(20(18)27)12-14-3-2-10-28-14/h2-5,10-11H,6-9,12H2,1H3. The van der Waals surface area contributed by atoms with Crippen LogP contribution in [0.3, 0.4) is 0 Å². The van der Waals surface area contributed by atoms with Gasteiger partial charge in [0.2, 0.25) is 0 Å². The quantitative estimate of drug-likeness (QED) is 0.712. The van der Waals surface area contributed by atoms with Gasteiger partial charge in [-0.15, -0.1) is 0 Å². The van der Waals surface area contributed by atoms with Crippen LogP contribution in [0.2, 0.25) is 10.0 Å². The molecule has 4 rings (SSSR count). The van der Waals surface area contributed by atoms with Gasteiger partial charge in [0.25, 0.3) is 11.8 Å². The maximum absolute atomic E-state index is 13.3. The highest BCUT2D eigenvalue weighted by Crippen LogP contribution is 2.37. The molecule has 2 aromatic rings. The van der Waals surface area contributed by atoms with Gasteiger partial charge in [0, 0.05) is 36.8 Å². The highest BCUT2D eigenvalue weighted by atomic mass is 35.5. The Kier molecular flexibility index (Phi) is 5.19. The Balaban J connectivity index is 1.77. The summed E-state index contributed by atoms with van der Waals surface area (Å²) in [6.07, 6.45) is 1.52. The molecule has 8 heteroatoms. The van der Waals surface area contributed by atoms with Crippen molar-refractivity contribution in [2.45, 2.75) is 6.54 Å². The number of rotatable bonds is 4. The van der Waals surface area contributed by atoms with E-state index in [2.05, 4.69) is 4.90 Å². The van der Waals surface area contributed by atoms with E-state index in [0.717, 1.165) is 13.1 Å². The smallest absolute Gasteiger partial charge is 0.278 e. The number of carbonyl (C=O) groups is 2. The molecular weight excluding hydrogens is 401 g/mol. The lowest BCUT2D eigenvalue weighted by Gasteiger charge is -2.34. The topological polar surface area (TPSA) is 57.0 Å². The maximum Gasteiger partial charge on any atom is 0.278 e. The van der Waals surface area contributed by atoms with E-state index in [1.54, 1.807) is 30.3 Å². The van der Waals surface area contributed by atoms with E-state index in [-0.39, 0.29) is 18.4 Å². The van der Waals surface area contributed by atoms with Crippen molar-refractivity contribution in [2.24, 2.45) is 0 Å². The molecule has 6 nitrogen and oxygen atoms in total. The first-order valence-electron chi connectivity index (χ1n) is 8.97. The first-order chi connectivity index (χ1) is 13.5. The van der Waals surface area contributed by atoms with Crippen LogP contribution in [0.4, 0.5) is 0 Å². The number of amides is 2. The first-order valence-corrected chi connectivity index (χ1v) is 9.73. The van der Waals surface area contributed by atoms with Gasteiger partial charge in [0.15, 0.2) is 0 Å². The molecule has 2 amide bonds. The van der Waals surface area contributed by atoms with Crippen molar-refractivity contribution < 1.29 is 14.0 Å². The van der Waals surface area contributed by atoms with Crippen molar-refractivity contribution in [3.63, 3.8) is 0 Å². The van der Waals surface area contributed by atoms with Gasteiger partial charge in [-0.1, -0.05) is 29.3 Å². The predicted molar refractivity (Wildman–Crippen MR) is 107 cm³/mol. The van der Waals surface area contributed by atoms with E-state index in [1.807, 2.05) is 11.9 Å². The molecule has 2 aliphatic heterocycles. The minimum atomic E-state index is -0.375. The van der Waals surface area contributed by atoms with Crippen LogP contribution in [-0.2, 0) is 16.1 Å². The molecule has 0 atom stereocenters. The normalized spacial score (nSPS) is 18.5. The summed E-state index contributed by atoms with van der Waals surface area (Å²) < 4.78 is 5.34. The molecule has 0 saturated carbocycles. The van der Waals surface area contributed by atoms with Gasteiger partial charge in [-0.05, 0) is 31.3 Å². The molecule has 0 bridgehead atoms. The Morgan fingerprint density at radius 1 is 1.04 bits per heavy atom. The lowest BCUT2D eigenvalue weighted by atomic mass is 10.0. The fourth-order valence-electron chi connectivity index (χ4n) is 3.52. The van der Waals surface area contributed by atoms with E-state index >= 15 is 0 Å². The molecule has 0 spiro atoms. The Morgan fingerprint density at radius 2 is 1.79 bits per heavy atom. The highest BCUT2D eigenvalue weighted by molar-refractivity contribution is 6.41. The van der Waals surface area contributed by atoms with Crippen molar-refractivity contribution in [3.8, 4) is 0 Å². The van der Waals surface area contributed by atoms with Crippen LogP contribution in [0.15, 0.2) is 46.7 Å². The third-order valence-corrected chi connectivity index (χ3v) is 5.61. The molecule has 1 aromatic carbocycles. The average Bonchev–Trinajstić information content (AvgIpc) is 3.25. The number of piperazine rings is 1. The summed E-state index contributed by atoms with van der Waals surface area (Å²) in [7, 11) is 2.04. The van der Waals surface area contributed by atoms with Crippen LogP contribution < -0.4 is 0 Å². The molecule has 1 aromatic heterocycles. The Bertz CT molecular complexity index is 948. The molecule has 2 aliphatic rings. The van der Waals surface area contributed by atoms with E-state index < -0.39 is 0 Å². The highest BCUT2D eigenvalue weighted by Gasteiger charge is 2.42. The van der Waals surface area contributed by atoms with Gasteiger partial charge in [-0.3, -0.25) is 14.5 Å². The minimum Gasteiger partial charge on any atom is -0.467 e. The van der Waals surface area contributed by atoms with E-state index in [0.29, 0.717) is 45.7 Å². The van der Waals surface area contributed by atoms with Gasteiger partial charge in [0.1, 0.15) is 11.5 Å². The number of carbonyl (C=O) groups excluding carboxylic acids is 2. The van der Waals surface area contributed by atoms with Crippen molar-refractivity contribution in [3.05, 3.63) is 63.7 Å². The van der Waals surface area contributed by atoms with E-state index in [4.69, 9.17) is 27.6 Å². The van der Waals surface area contributed by atoms with Crippen LogP contribution >= 0.6 is 23.2 Å². The molecule has 3 heterocycles. The summed E-state index contributed by atoms with van der Waals surface area (Å²) in [4.78, 5) is 31.9. The Hall–Kier alpha value is -2.28. The molecular formula is C20H19Cl2N3O3. The van der Waals surface area contributed by atoms with Gasteiger partial charge in [-0.25, -0.2) is 0 Å². The number of likely N-dealkylation sites (N-methyl/N-ethyl adjacent to an activating group) is 1. The maximum atomic E-state index is 13.3. The van der Waals surface area contributed by atoms with Gasteiger partial charge in [0.05, 0.1) is 23.4 Å². The number of imide groups is 1. The summed E-state index contributed by atoms with van der Waals surface area (Å²) in [6, 6.07) is 8.41. The minimum absolute atomic E-state index is 0.0800. The molecule has 0 unspecified atom stereocenters. The van der Waals surface area contributed by atoms with Crippen LogP contribution in [0, 0.1) is 0 Å². The number of hydrogen-bond acceptors (Lipinski definition) is 5. The number of benzene rings is 1. The first kappa shape index (κ1) is 19.1. The predicted octanol–water partition coefficient (Wildman–Crippen LogP) is 3.11. The third-order valence-electron chi connectivity index (χ3n) is 5.06. The zero-order chi connectivity index (χ0) is 19.8. The second kappa shape index (κ2) is 7.62. The lowest BCUT2D eigenvalue weighted by molar-refractivity contribution is -0.138. The summed E-state index contributed by atoms with van der Waals surface area (Å²) in [5.41, 5.74) is 1.23. The van der Waals surface area contributed by atoms with Crippen LogP contribution in [0.1, 0.15) is 11.3 Å². The van der Waals surface area contributed by atoms with Crippen molar-refractivity contribution in [2.75, 3.05) is 33.2 Å². The van der Waals surface area contributed by atoms with Crippen molar-refractivity contribution in [1.82, 2.24) is 14.7 Å². The molecule has 1 saturated heterocycles. The Labute approximate surface area is 172 Å². The second-order valence-electron chi connectivity index (χ2n) is 6.91. The molecule has 146 valence electrons. The lowest BCUT2D eigenvalue weighted by Crippen LogP contribution is -2.46. The number of halogens is 2. The Morgan fingerprint density at radius 3 is 2.43 bits per heavy atom. The van der Waals surface area contributed by atoms with Crippen molar-refractivity contribution in [1.29, 1.82) is 0 Å². The number of furan rings is 1. The summed E-state index contributed by atoms with van der Waals surface area (Å²) in [5, 5.41) is 0.815. The molecule has 0 aliphatic carbocycles. The fraction of sp³-hybridized carbons (Fsp3) is 0.300. The molecule has 0 N–H and O–H groups in total. The zero-order valence-electron chi connectivity index (χ0n) is 15.3. The fourth-order valence-corrected chi connectivity index (χ4v) is 4.03. The molecule has 0 radical (unpaired) electrons. The number of hydrogen-bond donors (Lipinski definition) is 0. The third kappa shape index (κ3) is 3.43. The largest absolute Gasteiger partial charge is 0.467 e. The summed E-state index contributed by atoms with van der Waals surface area (Å²) in [5.74, 6) is -0.158. The molecule has 1 fully saturated rings. The SMILES string of the molecule is CN1CCN(C2=C(c3ccc(Cl)cc3Cl)C(=O)N(Cc3ccco3)C2=O)CC1. The van der Waals surface area contributed by atoms with Crippen LogP contribution in [0.25, 0.3) is 5.57 Å². The second-order valence-corrected chi connectivity index (χ2v) is 7.76. The van der Waals surface area contributed by atoms with Crippen LogP contribution in [-0.4, -0.2) is 59.7 Å². The van der Waals surface area contributed by atoms with Crippen molar-refractivity contribution >= 4 is 40.6 Å². The molecule has 28 heavy (non-hydrogen) atoms. The zero-order valence-corrected chi connectivity index (χ0v) is 16.8. The van der Waals surface area contributed by atoms with Gasteiger partial charge in [-0.2, -0.15) is 0 Å². The average molecular weight is 420 g/mol. The van der Waals surface area contributed by atoms with E-state index in [9.17, 15) is 9.59 Å². The monoisotopic (exact) mass is 419 g/mol. The summed E-state index contributed by atoms with van der Waals surface area (Å²) >= 11 is 12.4. The van der Waals surface area contributed by atoms with Gasteiger partial charge < -0.3 is 14.2 Å².